The number of carbonyl (C=O) groups excluding carboxylic acids is 1. The summed E-state index contributed by atoms with van der Waals surface area (Å²) in [6.45, 7) is 4.80. The average molecular weight is 509 g/mol. The number of oxazole rings is 1. The number of rotatable bonds is 5. The zero-order valence-corrected chi connectivity index (χ0v) is 20.7. The van der Waals surface area contributed by atoms with E-state index in [2.05, 4.69) is 45.5 Å². The summed E-state index contributed by atoms with van der Waals surface area (Å²) in [6.07, 6.45) is 5.15. The molecule has 0 spiro atoms. The van der Waals surface area contributed by atoms with Crippen molar-refractivity contribution >= 4 is 21.8 Å². The number of fused-ring (bicyclic) bond motifs is 1. The van der Waals surface area contributed by atoms with Gasteiger partial charge in [-0.3, -0.25) is 4.79 Å². The van der Waals surface area contributed by atoms with E-state index in [9.17, 15) is 4.79 Å². The van der Waals surface area contributed by atoms with Gasteiger partial charge in [0.2, 0.25) is 11.8 Å². The molecule has 2 aromatic carbocycles. The van der Waals surface area contributed by atoms with Crippen molar-refractivity contribution in [2.45, 2.75) is 51.6 Å². The smallest absolute Gasteiger partial charge is 0.226 e. The van der Waals surface area contributed by atoms with Crippen LogP contribution in [-0.4, -0.2) is 24.0 Å². The summed E-state index contributed by atoms with van der Waals surface area (Å²) >= 11 is 3.51. The van der Waals surface area contributed by atoms with Gasteiger partial charge in [0.05, 0.1) is 19.1 Å². The molecule has 172 valence electrons. The topological polar surface area (TPSA) is 59.6 Å². The number of benzene rings is 2. The van der Waals surface area contributed by atoms with Crippen molar-refractivity contribution in [2.24, 2.45) is 5.92 Å². The quantitative estimate of drug-likeness (QED) is 0.536. The van der Waals surface area contributed by atoms with Gasteiger partial charge in [0.25, 0.3) is 0 Å². The van der Waals surface area contributed by atoms with E-state index in [4.69, 9.17) is 9.40 Å². The monoisotopic (exact) mass is 508 g/mol. The van der Waals surface area contributed by atoms with E-state index in [0.29, 0.717) is 5.89 Å². The zero-order valence-electron chi connectivity index (χ0n) is 19.1. The number of hydrogen-bond acceptors (Lipinski definition) is 3. The Labute approximate surface area is 203 Å². The van der Waals surface area contributed by atoms with Crippen molar-refractivity contribution in [3.05, 3.63) is 75.6 Å². The number of aromatic nitrogens is 1. The van der Waals surface area contributed by atoms with Crippen molar-refractivity contribution in [3.8, 4) is 11.5 Å². The summed E-state index contributed by atoms with van der Waals surface area (Å²) in [5.41, 5.74) is 4.69. The number of likely N-dealkylation sites (tertiary alicyclic amines) is 1. The molecule has 6 heteroatoms. The average Bonchev–Trinajstić information content (AvgIpc) is 3.20. The molecule has 1 amide bonds. The lowest BCUT2D eigenvalue weighted by molar-refractivity contribution is -0.919. The Morgan fingerprint density at radius 2 is 1.97 bits per heavy atom. The molecule has 5 nitrogen and oxygen atoms in total. The number of piperidine rings is 1. The largest absolute Gasteiger partial charge is 0.441 e. The third kappa shape index (κ3) is 5.07. The van der Waals surface area contributed by atoms with Gasteiger partial charge >= 0.3 is 0 Å². The molecule has 0 bridgehead atoms. The maximum atomic E-state index is 13.0. The van der Waals surface area contributed by atoms with Gasteiger partial charge in [-0.1, -0.05) is 46.3 Å². The van der Waals surface area contributed by atoms with Gasteiger partial charge in [0.1, 0.15) is 18.0 Å². The molecule has 0 radical (unpaired) electrons. The fraction of sp³-hybridized carbons (Fsp3) is 0.407. The van der Waals surface area contributed by atoms with Crippen LogP contribution in [0.3, 0.4) is 0 Å². The molecular weight excluding hydrogens is 478 g/mol. The van der Waals surface area contributed by atoms with E-state index in [1.165, 1.54) is 16.0 Å². The second-order valence-corrected chi connectivity index (χ2v) is 10.3. The summed E-state index contributed by atoms with van der Waals surface area (Å²) < 4.78 is 6.97. The number of quaternary nitrogens is 1. The van der Waals surface area contributed by atoms with Crippen molar-refractivity contribution in [2.75, 3.05) is 13.1 Å². The Bertz CT molecular complexity index is 1130. The number of aryl methyl sites for hydroxylation is 2. The van der Waals surface area contributed by atoms with Crippen LogP contribution >= 0.6 is 15.9 Å². The van der Waals surface area contributed by atoms with Crippen LogP contribution in [0.15, 0.2) is 57.4 Å². The Morgan fingerprint density at radius 1 is 1.15 bits per heavy atom. The lowest BCUT2D eigenvalue weighted by Crippen LogP contribution is -3.12. The third-order valence-electron chi connectivity index (χ3n) is 7.13. The molecular formula is C27H31BrN3O2+. The minimum absolute atomic E-state index is 0.110. The van der Waals surface area contributed by atoms with E-state index in [1.807, 2.05) is 31.2 Å². The first-order valence-corrected chi connectivity index (χ1v) is 12.8. The van der Waals surface area contributed by atoms with Crippen molar-refractivity contribution < 1.29 is 14.1 Å². The minimum Gasteiger partial charge on any atom is -0.441 e. The molecule has 5 rings (SSSR count). The molecule has 2 N–H and O–H groups in total. The number of carbonyl (C=O) groups is 1. The van der Waals surface area contributed by atoms with Crippen LogP contribution in [0, 0.1) is 12.8 Å². The Kier molecular flexibility index (Phi) is 6.65. The third-order valence-corrected chi connectivity index (χ3v) is 7.62. The highest BCUT2D eigenvalue weighted by Crippen LogP contribution is 2.30. The lowest BCUT2D eigenvalue weighted by atomic mass is 9.87. The first-order valence-electron chi connectivity index (χ1n) is 12.0. The van der Waals surface area contributed by atoms with Crippen LogP contribution in [-0.2, 0) is 17.8 Å². The summed E-state index contributed by atoms with van der Waals surface area (Å²) in [5.74, 6) is 1.89. The van der Waals surface area contributed by atoms with Gasteiger partial charge < -0.3 is 14.6 Å². The van der Waals surface area contributed by atoms with Gasteiger partial charge in [0, 0.05) is 28.8 Å². The zero-order chi connectivity index (χ0) is 22.8. The maximum absolute atomic E-state index is 13.0. The summed E-state index contributed by atoms with van der Waals surface area (Å²) in [4.78, 5) is 19.3. The first kappa shape index (κ1) is 22.4. The van der Waals surface area contributed by atoms with Crippen molar-refractivity contribution in [1.29, 1.82) is 0 Å². The molecule has 2 heterocycles. The Morgan fingerprint density at radius 3 is 2.79 bits per heavy atom. The summed E-state index contributed by atoms with van der Waals surface area (Å²) in [7, 11) is 0. The first-order chi connectivity index (χ1) is 16.1. The highest BCUT2D eigenvalue weighted by atomic mass is 79.9. The number of nitrogens with one attached hydrogen (secondary N) is 2. The molecule has 1 aliphatic carbocycles. The van der Waals surface area contributed by atoms with Crippen LogP contribution in [0.1, 0.15) is 54.3 Å². The molecule has 1 fully saturated rings. The van der Waals surface area contributed by atoms with Crippen LogP contribution in [0.2, 0.25) is 0 Å². The molecule has 2 aliphatic rings. The Hall–Kier alpha value is -2.44. The van der Waals surface area contributed by atoms with E-state index in [0.717, 1.165) is 73.2 Å². The van der Waals surface area contributed by atoms with Gasteiger partial charge in [-0.15, -0.1) is 0 Å². The van der Waals surface area contributed by atoms with Crippen LogP contribution < -0.4 is 10.2 Å². The molecule has 1 saturated heterocycles. The summed E-state index contributed by atoms with van der Waals surface area (Å²) in [5, 5.41) is 3.37. The molecule has 3 aromatic rings. The molecule has 1 atom stereocenters. The van der Waals surface area contributed by atoms with Crippen LogP contribution in [0.25, 0.3) is 11.5 Å². The number of halogens is 1. The van der Waals surface area contributed by atoms with Gasteiger partial charge in [-0.05, 0) is 55.5 Å². The van der Waals surface area contributed by atoms with Gasteiger partial charge in [-0.2, -0.15) is 0 Å². The molecule has 0 saturated carbocycles. The van der Waals surface area contributed by atoms with E-state index in [-0.39, 0.29) is 17.9 Å². The second-order valence-electron chi connectivity index (χ2n) is 9.39. The highest BCUT2D eigenvalue weighted by Gasteiger charge is 2.31. The van der Waals surface area contributed by atoms with E-state index < -0.39 is 0 Å². The summed E-state index contributed by atoms with van der Waals surface area (Å²) in [6, 6.07) is 16.8. The number of nitrogens with zero attached hydrogens (tertiary/aromatic N) is 1. The normalized spacial score (nSPS) is 22.5. The van der Waals surface area contributed by atoms with Crippen molar-refractivity contribution in [1.82, 2.24) is 10.3 Å². The molecule has 33 heavy (non-hydrogen) atoms. The van der Waals surface area contributed by atoms with Crippen LogP contribution in [0.5, 0.6) is 0 Å². The van der Waals surface area contributed by atoms with Gasteiger partial charge in [0.15, 0.2) is 0 Å². The second kappa shape index (κ2) is 9.82. The predicted molar refractivity (Wildman–Crippen MR) is 132 cm³/mol. The fourth-order valence-corrected chi connectivity index (χ4v) is 5.63. The maximum Gasteiger partial charge on any atom is 0.226 e. The Balaban J connectivity index is 1.16. The highest BCUT2D eigenvalue weighted by molar-refractivity contribution is 9.10. The van der Waals surface area contributed by atoms with E-state index in [1.54, 1.807) is 0 Å². The fourth-order valence-electron chi connectivity index (χ4n) is 5.23. The number of hydrogen-bond donors (Lipinski definition) is 2. The number of amides is 1. The van der Waals surface area contributed by atoms with E-state index >= 15 is 0 Å². The molecule has 1 aliphatic heterocycles. The van der Waals surface area contributed by atoms with Gasteiger partial charge in [-0.25, -0.2) is 4.98 Å². The standard InChI is InChI=1S/C27H30BrN3O2/c1-18-25(30-27(33-18)21-8-4-9-22(28)16-21)17-31-14-12-20(13-15-31)26(32)29-24-11-5-7-19-6-2-3-10-23(19)24/h2-4,6,8-10,16,20,24H,5,7,11-15,17H2,1H3,(H,29,32)/p+1. The molecule has 1 aromatic heterocycles. The SMILES string of the molecule is Cc1oc(-c2cccc(Br)c2)nc1C[NH+]1CCC(C(=O)NC2CCCc3ccccc32)CC1. The lowest BCUT2D eigenvalue weighted by Gasteiger charge is -2.31. The predicted octanol–water partition coefficient (Wildman–Crippen LogP) is 4.40. The minimum atomic E-state index is 0.110. The van der Waals surface area contributed by atoms with Crippen LogP contribution in [0.4, 0.5) is 0 Å². The van der Waals surface area contributed by atoms with Crippen molar-refractivity contribution in [3.63, 3.8) is 0 Å². The molecule has 1 unspecified atom stereocenters.